The van der Waals surface area contributed by atoms with Crippen LogP contribution in [0.2, 0.25) is 0 Å². The number of hydrogen-bond acceptors (Lipinski definition) is 6. The summed E-state index contributed by atoms with van der Waals surface area (Å²) in [6.45, 7) is 0. The van der Waals surface area contributed by atoms with Crippen LogP contribution in [0.25, 0.3) is 34.0 Å². The second-order valence-electron chi connectivity index (χ2n) is 5.08. The lowest BCUT2D eigenvalue weighted by atomic mass is 9.95. The van der Waals surface area contributed by atoms with Gasteiger partial charge in [-0.05, 0) is 24.3 Å². The minimum Gasteiger partial charge on any atom is -0.464 e. The van der Waals surface area contributed by atoms with Crippen LogP contribution in [0, 0.1) is 0 Å². The van der Waals surface area contributed by atoms with E-state index < -0.39 is 5.56 Å². The number of hydrogen-bond donors (Lipinski definition) is 1. The lowest BCUT2D eigenvalue weighted by molar-refractivity contribution is 0.560. The Kier molecular flexibility index (Phi) is 3.28. The van der Waals surface area contributed by atoms with E-state index in [1.54, 1.807) is 24.7 Å². The van der Waals surface area contributed by atoms with Gasteiger partial charge in [-0.1, -0.05) is 18.2 Å². The standard InChI is InChI=1S/C18H12N2O4/c19-18-20-16(21)10-15(24-18)17-11(13-6-2-8-22-13)4-1-5-12(17)14-7-3-9-23-14/h1-10H,(H2,19,20,21). The first-order valence-electron chi connectivity index (χ1n) is 7.21. The zero-order valence-corrected chi connectivity index (χ0v) is 12.4. The molecule has 24 heavy (non-hydrogen) atoms. The first-order chi connectivity index (χ1) is 11.7. The van der Waals surface area contributed by atoms with E-state index in [9.17, 15) is 4.79 Å². The zero-order valence-electron chi connectivity index (χ0n) is 12.4. The lowest BCUT2D eigenvalue weighted by Crippen LogP contribution is -2.07. The number of rotatable bonds is 3. The summed E-state index contributed by atoms with van der Waals surface area (Å²) < 4.78 is 16.5. The topological polar surface area (TPSA) is 95.4 Å². The summed E-state index contributed by atoms with van der Waals surface area (Å²) >= 11 is 0. The maximum absolute atomic E-state index is 11.8. The van der Waals surface area contributed by atoms with Crippen molar-refractivity contribution in [2.24, 2.45) is 0 Å². The van der Waals surface area contributed by atoms with Crippen LogP contribution in [0.4, 0.5) is 6.01 Å². The fraction of sp³-hybridized carbons (Fsp3) is 0. The molecule has 0 bridgehead atoms. The molecule has 0 aliphatic carbocycles. The van der Waals surface area contributed by atoms with E-state index in [2.05, 4.69) is 4.98 Å². The Morgan fingerprint density at radius 3 is 1.96 bits per heavy atom. The van der Waals surface area contributed by atoms with Gasteiger partial charge in [-0.15, -0.1) is 0 Å². The van der Waals surface area contributed by atoms with Crippen molar-refractivity contribution < 1.29 is 13.3 Å². The number of benzene rings is 1. The van der Waals surface area contributed by atoms with E-state index in [0.717, 1.165) is 11.1 Å². The van der Waals surface area contributed by atoms with Gasteiger partial charge in [-0.3, -0.25) is 4.79 Å². The van der Waals surface area contributed by atoms with Gasteiger partial charge in [-0.2, -0.15) is 4.98 Å². The van der Waals surface area contributed by atoms with Crippen LogP contribution >= 0.6 is 0 Å². The summed E-state index contributed by atoms with van der Waals surface area (Å²) in [5.41, 5.74) is 7.28. The molecule has 0 saturated carbocycles. The predicted molar refractivity (Wildman–Crippen MR) is 88.0 cm³/mol. The van der Waals surface area contributed by atoms with Gasteiger partial charge in [0.25, 0.3) is 11.6 Å². The van der Waals surface area contributed by atoms with Crippen molar-refractivity contribution in [3.05, 3.63) is 71.4 Å². The maximum Gasteiger partial charge on any atom is 0.295 e. The largest absolute Gasteiger partial charge is 0.464 e. The Labute approximate surface area is 136 Å². The maximum atomic E-state index is 11.8. The molecule has 0 saturated heterocycles. The summed E-state index contributed by atoms with van der Waals surface area (Å²) in [5.74, 6) is 1.57. The summed E-state index contributed by atoms with van der Waals surface area (Å²) in [4.78, 5) is 15.3. The van der Waals surface area contributed by atoms with E-state index in [-0.39, 0.29) is 6.01 Å². The second kappa shape index (κ2) is 5.58. The van der Waals surface area contributed by atoms with E-state index in [1.165, 1.54) is 6.07 Å². The third-order valence-corrected chi connectivity index (χ3v) is 3.57. The van der Waals surface area contributed by atoms with Crippen LogP contribution in [0.15, 0.2) is 79.1 Å². The highest BCUT2D eigenvalue weighted by Gasteiger charge is 2.19. The highest BCUT2D eigenvalue weighted by Crippen LogP contribution is 2.40. The third-order valence-electron chi connectivity index (χ3n) is 3.57. The van der Waals surface area contributed by atoms with Crippen molar-refractivity contribution in [1.29, 1.82) is 0 Å². The minimum absolute atomic E-state index is 0.197. The molecule has 0 radical (unpaired) electrons. The van der Waals surface area contributed by atoms with Gasteiger partial charge in [0.1, 0.15) is 17.3 Å². The molecule has 6 nitrogen and oxygen atoms in total. The third kappa shape index (κ3) is 2.40. The monoisotopic (exact) mass is 320 g/mol. The zero-order chi connectivity index (χ0) is 16.5. The van der Waals surface area contributed by atoms with Gasteiger partial charge in [0.05, 0.1) is 12.5 Å². The molecule has 0 amide bonds. The predicted octanol–water partition coefficient (Wildman–Crippen LogP) is 3.80. The first kappa shape index (κ1) is 14.1. The number of nitrogen functional groups attached to an aromatic ring is 1. The average molecular weight is 320 g/mol. The Bertz CT molecular complexity index is 979. The van der Waals surface area contributed by atoms with Crippen molar-refractivity contribution >= 4 is 6.01 Å². The van der Waals surface area contributed by atoms with Crippen molar-refractivity contribution in [1.82, 2.24) is 4.98 Å². The molecule has 6 heteroatoms. The Hall–Kier alpha value is -3.54. The number of anilines is 1. The van der Waals surface area contributed by atoms with E-state index >= 15 is 0 Å². The highest BCUT2D eigenvalue weighted by molar-refractivity contribution is 5.90. The van der Waals surface area contributed by atoms with Crippen LogP contribution in [-0.2, 0) is 0 Å². The molecule has 4 rings (SSSR count). The molecule has 3 heterocycles. The summed E-state index contributed by atoms with van der Waals surface area (Å²) in [5, 5.41) is 0. The quantitative estimate of drug-likeness (QED) is 0.617. The smallest absolute Gasteiger partial charge is 0.295 e. The van der Waals surface area contributed by atoms with E-state index in [1.807, 2.05) is 30.3 Å². The molecular formula is C18H12N2O4. The van der Waals surface area contributed by atoms with Crippen LogP contribution in [0.1, 0.15) is 0 Å². The molecule has 0 atom stereocenters. The average Bonchev–Trinajstić information content (AvgIpc) is 3.27. The van der Waals surface area contributed by atoms with Gasteiger partial charge in [-0.25, -0.2) is 0 Å². The number of nitrogens with two attached hydrogens (primary N) is 1. The number of nitrogens with zero attached hydrogens (tertiary/aromatic N) is 1. The molecule has 118 valence electrons. The molecule has 4 aromatic rings. The van der Waals surface area contributed by atoms with Crippen LogP contribution < -0.4 is 11.3 Å². The van der Waals surface area contributed by atoms with Crippen molar-refractivity contribution in [3.8, 4) is 34.0 Å². The fourth-order valence-electron chi connectivity index (χ4n) is 2.63. The van der Waals surface area contributed by atoms with E-state index in [4.69, 9.17) is 19.0 Å². The number of furan rings is 2. The van der Waals surface area contributed by atoms with Crippen LogP contribution in [0.5, 0.6) is 0 Å². The molecule has 3 aromatic heterocycles. The number of aromatic nitrogens is 1. The molecule has 1 aromatic carbocycles. The second-order valence-corrected chi connectivity index (χ2v) is 5.08. The molecule has 0 aliphatic heterocycles. The van der Waals surface area contributed by atoms with Gasteiger partial charge in [0.2, 0.25) is 0 Å². The van der Waals surface area contributed by atoms with Crippen LogP contribution in [0.3, 0.4) is 0 Å². The Morgan fingerprint density at radius 2 is 1.46 bits per heavy atom. The summed E-state index contributed by atoms with van der Waals surface area (Å²) in [6, 6.07) is 13.9. The van der Waals surface area contributed by atoms with E-state index in [0.29, 0.717) is 22.8 Å². The summed E-state index contributed by atoms with van der Waals surface area (Å²) in [6.07, 6.45) is 3.16. The minimum atomic E-state index is -0.478. The molecule has 0 spiro atoms. The van der Waals surface area contributed by atoms with Gasteiger partial charge in [0, 0.05) is 22.8 Å². The van der Waals surface area contributed by atoms with Gasteiger partial charge < -0.3 is 19.0 Å². The van der Waals surface area contributed by atoms with Gasteiger partial charge >= 0.3 is 0 Å². The van der Waals surface area contributed by atoms with Crippen molar-refractivity contribution in [3.63, 3.8) is 0 Å². The van der Waals surface area contributed by atoms with Crippen molar-refractivity contribution in [2.45, 2.75) is 0 Å². The Balaban J connectivity index is 2.07. The molecule has 2 N–H and O–H groups in total. The first-order valence-corrected chi connectivity index (χ1v) is 7.21. The Morgan fingerprint density at radius 1 is 0.833 bits per heavy atom. The molecular weight excluding hydrogens is 308 g/mol. The highest BCUT2D eigenvalue weighted by atomic mass is 16.4. The fourth-order valence-corrected chi connectivity index (χ4v) is 2.63. The molecule has 0 unspecified atom stereocenters. The van der Waals surface area contributed by atoms with Crippen molar-refractivity contribution in [2.75, 3.05) is 5.73 Å². The van der Waals surface area contributed by atoms with Crippen LogP contribution in [-0.4, -0.2) is 4.98 Å². The lowest BCUT2D eigenvalue weighted by Gasteiger charge is -2.11. The molecule has 0 fully saturated rings. The summed E-state index contributed by atoms with van der Waals surface area (Å²) in [7, 11) is 0. The molecule has 0 aliphatic rings. The van der Waals surface area contributed by atoms with Gasteiger partial charge in [0.15, 0.2) is 0 Å². The SMILES string of the molecule is Nc1nc(=O)cc(-c2c(-c3ccco3)cccc2-c2ccco2)o1. The normalized spacial score (nSPS) is 10.8.